The molecule has 0 radical (unpaired) electrons. The quantitative estimate of drug-likeness (QED) is 0.365. The number of pyridine rings is 1. The number of β-lactam (4-membered cyclic amide) rings is 1. The first kappa shape index (κ1) is 25.1. The molecule has 10 nitrogen and oxygen atoms in total. The van der Waals surface area contributed by atoms with Crippen molar-refractivity contribution in [1.29, 1.82) is 0 Å². The maximum Gasteiger partial charge on any atom is 0.251 e. The van der Waals surface area contributed by atoms with E-state index in [1.54, 1.807) is 49.4 Å². The van der Waals surface area contributed by atoms with Crippen LogP contribution in [0.3, 0.4) is 0 Å². The molecule has 0 spiro atoms. The lowest BCUT2D eigenvalue weighted by Gasteiger charge is -2.50. The van der Waals surface area contributed by atoms with Crippen LogP contribution in [0.1, 0.15) is 51.0 Å². The van der Waals surface area contributed by atoms with E-state index in [2.05, 4.69) is 22.3 Å². The fraction of sp³-hybridized carbons (Fsp3) is 0.600. The number of likely N-dealkylation sites (N-methyl/N-ethyl adjacent to an activating group) is 1. The average Bonchev–Trinajstić information content (AvgIpc) is 3.29. The van der Waals surface area contributed by atoms with E-state index in [4.69, 9.17) is 5.73 Å². The number of nitrogens with two attached hydrogens (primary N) is 1. The standard InChI is InChI=1S/C25H37N7O3/c1-4-19(17-8-6-5-7-9-17)29-25(35)32-22(24(34)30(2)21-11-13-28-31(21)3)18(23(32)33)14-16-10-12-27-20(26)15-16/h10-13,15,17-19,22,25,29,35H,4-9,14H2,1-3H3,(H2,26,27)/t18-,19?,22+,25?/m1/s1. The number of aliphatic hydroxyl groups is 1. The molecule has 2 amide bonds. The van der Waals surface area contributed by atoms with Crippen LogP contribution in [-0.4, -0.2) is 62.1 Å². The lowest BCUT2D eigenvalue weighted by Crippen LogP contribution is -2.73. The smallest absolute Gasteiger partial charge is 0.251 e. The summed E-state index contributed by atoms with van der Waals surface area (Å²) in [4.78, 5) is 33.8. The second kappa shape index (κ2) is 10.7. The number of hydrogen-bond donors (Lipinski definition) is 3. The maximum absolute atomic E-state index is 13.7. The number of aromatic nitrogens is 3. The summed E-state index contributed by atoms with van der Waals surface area (Å²) >= 11 is 0. The van der Waals surface area contributed by atoms with Crippen molar-refractivity contribution >= 4 is 23.5 Å². The lowest BCUT2D eigenvalue weighted by molar-refractivity contribution is -0.184. The summed E-state index contributed by atoms with van der Waals surface area (Å²) < 4.78 is 1.60. The van der Waals surface area contributed by atoms with Crippen LogP contribution in [0.15, 0.2) is 30.6 Å². The number of amides is 2. The van der Waals surface area contributed by atoms with E-state index >= 15 is 0 Å². The third kappa shape index (κ3) is 5.18. The molecule has 1 saturated carbocycles. The van der Waals surface area contributed by atoms with E-state index in [0.717, 1.165) is 24.8 Å². The molecule has 2 fully saturated rings. The Kier molecular flexibility index (Phi) is 7.71. The lowest BCUT2D eigenvalue weighted by atomic mass is 9.81. The fourth-order valence-corrected chi connectivity index (χ4v) is 5.62. The summed E-state index contributed by atoms with van der Waals surface area (Å²) in [5, 5.41) is 18.6. The number of anilines is 2. The summed E-state index contributed by atoms with van der Waals surface area (Å²) in [6, 6.07) is 4.52. The molecule has 2 aromatic heterocycles. The molecule has 4 atom stereocenters. The van der Waals surface area contributed by atoms with E-state index in [1.807, 2.05) is 0 Å². The Morgan fingerprint density at radius 1 is 1.29 bits per heavy atom. The van der Waals surface area contributed by atoms with Gasteiger partial charge in [0.25, 0.3) is 5.91 Å². The minimum absolute atomic E-state index is 0.0858. The predicted octanol–water partition coefficient (Wildman–Crippen LogP) is 1.65. The van der Waals surface area contributed by atoms with Crippen molar-refractivity contribution < 1.29 is 14.7 Å². The van der Waals surface area contributed by atoms with Crippen LogP contribution in [0.2, 0.25) is 0 Å². The van der Waals surface area contributed by atoms with Gasteiger partial charge in [-0.1, -0.05) is 26.2 Å². The molecular formula is C25H37N7O3. The number of nitrogens with zero attached hydrogens (tertiary/aromatic N) is 5. The molecule has 4 N–H and O–H groups in total. The average molecular weight is 484 g/mol. The van der Waals surface area contributed by atoms with E-state index < -0.39 is 18.3 Å². The Bertz CT molecular complexity index is 1040. The van der Waals surface area contributed by atoms with Crippen molar-refractivity contribution in [3.05, 3.63) is 36.2 Å². The Balaban J connectivity index is 1.56. The number of hydrogen-bond acceptors (Lipinski definition) is 7. The van der Waals surface area contributed by atoms with Gasteiger partial charge in [-0.15, -0.1) is 0 Å². The highest BCUT2D eigenvalue weighted by atomic mass is 16.3. The summed E-state index contributed by atoms with van der Waals surface area (Å²) in [6.45, 7) is 2.09. The van der Waals surface area contributed by atoms with Gasteiger partial charge in [-0.3, -0.25) is 29.4 Å². The Labute approximate surface area is 206 Å². The molecule has 1 aliphatic carbocycles. The normalized spacial score (nSPS) is 22.5. The monoisotopic (exact) mass is 483 g/mol. The molecule has 2 aromatic rings. The van der Waals surface area contributed by atoms with Gasteiger partial charge in [0, 0.05) is 32.4 Å². The third-order valence-electron chi connectivity index (χ3n) is 7.56. The van der Waals surface area contributed by atoms with Gasteiger partial charge in [0.15, 0.2) is 6.35 Å². The highest BCUT2D eigenvalue weighted by Crippen LogP contribution is 2.34. The minimum atomic E-state index is -1.23. The molecule has 4 rings (SSSR count). The van der Waals surface area contributed by atoms with Crippen LogP contribution in [0.5, 0.6) is 0 Å². The zero-order valence-electron chi connectivity index (χ0n) is 20.8. The number of nitrogen functional groups attached to an aromatic ring is 1. The van der Waals surface area contributed by atoms with Crippen LogP contribution >= 0.6 is 0 Å². The van der Waals surface area contributed by atoms with Gasteiger partial charge in [-0.05, 0) is 49.3 Å². The topological polar surface area (TPSA) is 130 Å². The van der Waals surface area contributed by atoms with Crippen LogP contribution in [0.4, 0.5) is 11.6 Å². The number of aryl methyl sites for hydroxylation is 1. The number of nitrogens with one attached hydrogen (secondary N) is 1. The summed E-state index contributed by atoms with van der Waals surface area (Å²) in [5.74, 6) is 0.300. The predicted molar refractivity (Wildman–Crippen MR) is 133 cm³/mol. The SMILES string of the molecule is CCC(NC(O)N1C(=O)[C@H](Cc2ccnc(N)c2)[C@H]1C(=O)N(C)c1ccnn1C)C1CCCCC1. The Morgan fingerprint density at radius 3 is 2.66 bits per heavy atom. The van der Waals surface area contributed by atoms with E-state index in [-0.39, 0.29) is 17.9 Å². The van der Waals surface area contributed by atoms with Gasteiger partial charge in [0.2, 0.25) is 5.91 Å². The first-order chi connectivity index (χ1) is 16.8. The molecule has 3 heterocycles. The summed E-state index contributed by atoms with van der Waals surface area (Å²) in [7, 11) is 3.42. The van der Waals surface area contributed by atoms with Crippen LogP contribution in [0, 0.1) is 11.8 Å². The molecule has 2 unspecified atom stereocenters. The molecule has 190 valence electrons. The number of aliphatic hydroxyl groups excluding tert-OH is 1. The van der Waals surface area contributed by atoms with Gasteiger partial charge in [0.1, 0.15) is 17.7 Å². The second-order valence-corrected chi connectivity index (χ2v) is 9.75. The third-order valence-corrected chi connectivity index (χ3v) is 7.56. The van der Waals surface area contributed by atoms with Gasteiger partial charge in [-0.2, -0.15) is 5.10 Å². The first-order valence-electron chi connectivity index (χ1n) is 12.5. The largest absolute Gasteiger partial charge is 0.384 e. The second-order valence-electron chi connectivity index (χ2n) is 9.75. The Morgan fingerprint density at radius 2 is 2.03 bits per heavy atom. The van der Waals surface area contributed by atoms with Gasteiger partial charge < -0.3 is 10.8 Å². The highest BCUT2D eigenvalue weighted by Gasteiger charge is 2.55. The van der Waals surface area contributed by atoms with Gasteiger partial charge >= 0.3 is 0 Å². The van der Waals surface area contributed by atoms with Crippen LogP contribution in [0.25, 0.3) is 0 Å². The first-order valence-corrected chi connectivity index (χ1v) is 12.5. The van der Waals surface area contributed by atoms with Crippen molar-refractivity contribution in [2.45, 2.75) is 70.3 Å². The molecule has 2 aliphatic rings. The fourth-order valence-electron chi connectivity index (χ4n) is 5.62. The minimum Gasteiger partial charge on any atom is -0.384 e. The van der Waals surface area contributed by atoms with Crippen LogP contribution < -0.4 is 16.0 Å². The number of carbonyl (C=O) groups excluding carboxylic acids is 2. The van der Waals surface area contributed by atoms with Crippen molar-refractivity contribution in [3.63, 3.8) is 0 Å². The van der Waals surface area contributed by atoms with Crippen LogP contribution in [-0.2, 0) is 23.1 Å². The van der Waals surface area contributed by atoms with Crippen molar-refractivity contribution in [2.75, 3.05) is 17.7 Å². The molecule has 35 heavy (non-hydrogen) atoms. The van der Waals surface area contributed by atoms with Crippen molar-refractivity contribution in [3.8, 4) is 0 Å². The van der Waals surface area contributed by atoms with Gasteiger partial charge in [0.05, 0.1) is 12.1 Å². The number of rotatable bonds is 9. The zero-order chi connectivity index (χ0) is 25.1. The number of carbonyl (C=O) groups is 2. The molecule has 1 aliphatic heterocycles. The summed E-state index contributed by atoms with van der Waals surface area (Å²) in [5.41, 5.74) is 6.65. The molecular weight excluding hydrogens is 446 g/mol. The zero-order valence-corrected chi connectivity index (χ0v) is 20.8. The highest BCUT2D eigenvalue weighted by molar-refractivity contribution is 6.05. The van der Waals surface area contributed by atoms with E-state index in [9.17, 15) is 14.7 Å². The molecule has 0 aromatic carbocycles. The van der Waals surface area contributed by atoms with Crippen molar-refractivity contribution in [1.82, 2.24) is 25.0 Å². The van der Waals surface area contributed by atoms with E-state index in [1.165, 1.54) is 29.1 Å². The number of likely N-dealkylation sites (tertiary alicyclic amines) is 1. The molecule has 10 heteroatoms. The van der Waals surface area contributed by atoms with Gasteiger partial charge in [-0.25, -0.2) is 4.98 Å². The summed E-state index contributed by atoms with van der Waals surface area (Å²) in [6.07, 6.45) is 9.02. The Hall–Kier alpha value is -2.98. The van der Waals surface area contributed by atoms with E-state index in [0.29, 0.717) is 24.0 Å². The molecule has 1 saturated heterocycles. The molecule has 0 bridgehead atoms. The maximum atomic E-state index is 13.7. The van der Waals surface area contributed by atoms with Crippen molar-refractivity contribution in [2.24, 2.45) is 18.9 Å².